The Morgan fingerprint density at radius 3 is 1.93 bits per heavy atom. The van der Waals surface area contributed by atoms with E-state index >= 15 is 0 Å². The molecule has 1 atom stereocenters. The van der Waals surface area contributed by atoms with Crippen LogP contribution in [0, 0.1) is 11.6 Å². The summed E-state index contributed by atoms with van der Waals surface area (Å²) in [6.07, 6.45) is -0.496. The van der Waals surface area contributed by atoms with E-state index in [1.807, 2.05) is 0 Å². The van der Waals surface area contributed by atoms with Crippen LogP contribution in [0.3, 0.4) is 0 Å². The number of rotatable bonds is 13. The zero-order valence-electron chi connectivity index (χ0n) is 23.0. The summed E-state index contributed by atoms with van der Waals surface area (Å²) in [5.41, 5.74) is -1.84. The maximum Gasteiger partial charge on any atom is 0.508 e. The normalized spacial score (nSPS) is 22.3. The second-order valence-corrected chi connectivity index (χ2v) is 11.8. The first-order valence-corrected chi connectivity index (χ1v) is 15.2. The van der Waals surface area contributed by atoms with Gasteiger partial charge in [0.1, 0.15) is 35.8 Å². The third-order valence-electron chi connectivity index (χ3n) is 7.36. The van der Waals surface area contributed by atoms with Crippen LogP contribution in [0.4, 0.5) is 13.6 Å². The Morgan fingerprint density at radius 2 is 1.41 bits per heavy atom. The second-order valence-electron chi connectivity index (χ2n) is 10.3. The Balaban J connectivity index is 1.40. The monoisotopic (exact) mass is 680 g/mol. The highest BCUT2D eigenvalue weighted by molar-refractivity contribution is 7.39. The Hall–Kier alpha value is -3.00. The summed E-state index contributed by atoms with van der Waals surface area (Å²) in [4.78, 5) is 55.9. The van der Waals surface area contributed by atoms with Gasteiger partial charge in [0.05, 0.1) is 22.2 Å². The molecule has 17 heteroatoms. The average Bonchev–Trinajstić information content (AvgIpc) is 2.97. The maximum absolute atomic E-state index is 13.8. The number of carbonyl (C=O) groups excluding carboxylic acids is 3. The molecule has 2 amide bonds. The van der Waals surface area contributed by atoms with Crippen LogP contribution in [-0.2, 0) is 23.6 Å². The Bertz CT molecular complexity index is 1360. The first-order valence-electron chi connectivity index (χ1n) is 13.3. The zero-order valence-corrected chi connectivity index (χ0v) is 25.4. The smallest absolute Gasteiger partial charge is 0.484 e. The molecule has 0 aromatic heterocycles. The van der Waals surface area contributed by atoms with Crippen molar-refractivity contribution in [2.75, 3.05) is 26.4 Å². The van der Waals surface area contributed by atoms with Gasteiger partial charge in [-0.3, -0.25) is 9.59 Å². The van der Waals surface area contributed by atoms with E-state index in [1.165, 1.54) is 24.3 Å². The topological polar surface area (TPSA) is 162 Å². The van der Waals surface area contributed by atoms with E-state index in [4.69, 9.17) is 51.9 Å². The first-order chi connectivity index (χ1) is 20.9. The molecule has 0 aliphatic heterocycles. The van der Waals surface area contributed by atoms with Crippen molar-refractivity contribution in [3.8, 4) is 11.5 Å². The molecule has 0 heterocycles. The zero-order chi connectivity index (χ0) is 31.9. The highest BCUT2D eigenvalue weighted by Gasteiger charge is 2.57. The van der Waals surface area contributed by atoms with Crippen LogP contribution in [0.15, 0.2) is 36.4 Å². The van der Waals surface area contributed by atoms with E-state index in [0.717, 1.165) is 12.1 Å². The van der Waals surface area contributed by atoms with E-state index in [-0.39, 0.29) is 41.2 Å². The van der Waals surface area contributed by atoms with Crippen molar-refractivity contribution in [3.63, 3.8) is 0 Å². The number of hydrogen-bond acceptors (Lipinski definition) is 10. The molecule has 4 N–H and O–H groups in total. The summed E-state index contributed by atoms with van der Waals surface area (Å²) in [6.45, 7) is -1.51. The molecule has 5 rings (SSSR count). The summed E-state index contributed by atoms with van der Waals surface area (Å²) in [5.74, 6) is -2.26. The fraction of sp³-hybridized carbons (Fsp3) is 0.444. The molecule has 3 fully saturated rings. The SMILES string of the molecule is O=C(COc1ccc(Cl)c(F)c1)NC12CCC(NC(=O)COc3ccc(Cl)c(F)c3)(CC1)C(OC(=O)OCCOP(O)O)C2. The molecule has 3 aliphatic rings. The van der Waals surface area contributed by atoms with E-state index < -0.39 is 68.6 Å². The minimum Gasteiger partial charge on any atom is -0.484 e. The van der Waals surface area contributed by atoms with Gasteiger partial charge in [0, 0.05) is 24.1 Å². The Kier molecular flexibility index (Phi) is 11.4. The van der Waals surface area contributed by atoms with Crippen LogP contribution >= 0.6 is 31.8 Å². The number of nitrogens with one attached hydrogen (secondary N) is 2. The lowest BCUT2D eigenvalue weighted by Crippen LogP contribution is -2.71. The lowest BCUT2D eigenvalue weighted by Gasteiger charge is -2.56. The maximum atomic E-state index is 13.8. The summed E-state index contributed by atoms with van der Waals surface area (Å²) >= 11 is 11.4. The molecule has 1 unspecified atom stereocenters. The highest BCUT2D eigenvalue weighted by Crippen LogP contribution is 2.48. The van der Waals surface area contributed by atoms with Gasteiger partial charge in [0.15, 0.2) is 13.2 Å². The third-order valence-corrected chi connectivity index (χ3v) is 8.38. The number of hydrogen-bond donors (Lipinski definition) is 4. The largest absolute Gasteiger partial charge is 0.508 e. The van der Waals surface area contributed by atoms with Crippen LogP contribution < -0.4 is 20.1 Å². The van der Waals surface area contributed by atoms with Gasteiger partial charge in [-0.2, -0.15) is 0 Å². The Morgan fingerprint density at radius 1 is 0.864 bits per heavy atom. The van der Waals surface area contributed by atoms with Crippen LogP contribution in [-0.4, -0.2) is 71.4 Å². The molecule has 3 saturated carbocycles. The quantitative estimate of drug-likeness (QED) is 0.137. The predicted molar refractivity (Wildman–Crippen MR) is 152 cm³/mol. The number of halogens is 4. The third kappa shape index (κ3) is 9.02. The number of fused-ring (bicyclic) bond motifs is 3. The molecule has 12 nitrogen and oxygen atoms in total. The van der Waals surface area contributed by atoms with Crippen molar-refractivity contribution in [2.45, 2.75) is 49.3 Å². The first kappa shape index (κ1) is 33.9. The minimum absolute atomic E-state index is 0.0879. The van der Waals surface area contributed by atoms with Crippen LogP contribution in [0.25, 0.3) is 0 Å². The number of amides is 2. The molecule has 0 radical (unpaired) electrons. The van der Waals surface area contributed by atoms with Crippen molar-refractivity contribution in [1.29, 1.82) is 0 Å². The van der Waals surface area contributed by atoms with Gasteiger partial charge in [0.2, 0.25) is 0 Å². The van der Waals surface area contributed by atoms with E-state index in [0.29, 0.717) is 25.7 Å². The van der Waals surface area contributed by atoms with Gasteiger partial charge in [0.25, 0.3) is 11.8 Å². The molecule has 3 aliphatic carbocycles. The van der Waals surface area contributed by atoms with Gasteiger partial charge < -0.3 is 43.9 Å². The molecule has 240 valence electrons. The van der Waals surface area contributed by atoms with Crippen molar-refractivity contribution < 1.29 is 56.4 Å². The molecule has 0 saturated heterocycles. The van der Waals surface area contributed by atoms with E-state index in [1.54, 1.807) is 0 Å². The Labute approximate surface area is 261 Å². The summed E-state index contributed by atoms with van der Waals surface area (Å²) < 4.78 is 53.4. The molecule has 2 aromatic rings. The van der Waals surface area contributed by atoms with E-state index in [9.17, 15) is 23.2 Å². The molecular formula is C27H29Cl2F2N2O10P. The van der Waals surface area contributed by atoms with Crippen LogP contribution in [0.2, 0.25) is 10.0 Å². The molecule has 2 bridgehead atoms. The average molecular weight is 681 g/mol. The van der Waals surface area contributed by atoms with Gasteiger partial charge in [-0.15, -0.1) is 0 Å². The molecule has 2 aromatic carbocycles. The predicted octanol–water partition coefficient (Wildman–Crippen LogP) is 4.17. The fourth-order valence-electron chi connectivity index (χ4n) is 5.26. The number of carbonyl (C=O) groups is 3. The highest BCUT2D eigenvalue weighted by atomic mass is 35.5. The van der Waals surface area contributed by atoms with Crippen molar-refractivity contribution >= 4 is 49.8 Å². The molecule has 44 heavy (non-hydrogen) atoms. The summed E-state index contributed by atoms with van der Waals surface area (Å²) in [6, 6.07) is 7.53. The number of benzene rings is 2. The van der Waals surface area contributed by atoms with Crippen LogP contribution in [0.5, 0.6) is 11.5 Å². The summed E-state index contributed by atoms with van der Waals surface area (Å²) in [7, 11) is -2.62. The van der Waals surface area contributed by atoms with Gasteiger partial charge in [-0.05, 0) is 49.9 Å². The van der Waals surface area contributed by atoms with Gasteiger partial charge >= 0.3 is 14.8 Å². The molecule has 0 spiro atoms. The van der Waals surface area contributed by atoms with Crippen LogP contribution in [0.1, 0.15) is 32.1 Å². The lowest BCUT2D eigenvalue weighted by atomic mass is 9.59. The van der Waals surface area contributed by atoms with Gasteiger partial charge in [-0.25, -0.2) is 13.6 Å². The van der Waals surface area contributed by atoms with Gasteiger partial charge in [-0.1, -0.05) is 23.2 Å². The number of ether oxygens (including phenoxy) is 4. The van der Waals surface area contributed by atoms with Crippen molar-refractivity contribution in [2.24, 2.45) is 0 Å². The molecular weight excluding hydrogens is 652 g/mol. The lowest BCUT2D eigenvalue weighted by molar-refractivity contribution is -0.139. The van der Waals surface area contributed by atoms with Crippen molar-refractivity contribution in [3.05, 3.63) is 58.1 Å². The van der Waals surface area contributed by atoms with Crippen molar-refractivity contribution in [1.82, 2.24) is 10.6 Å². The standard InChI is InChI=1S/C27H29Cl2F2N2O10P/c28-18-3-1-16(11-20(18)30)40-14-23(34)32-26-5-7-27(8-6-26,22(13-26)43-25(36)39-9-10-42-44(37)38)33-24(35)15-41-17-2-4-19(29)21(31)12-17/h1-4,11-12,22,37-38H,5-10,13-15H2,(H,32,34)(H,33,35). The van der Waals surface area contributed by atoms with E-state index in [2.05, 4.69) is 15.2 Å². The minimum atomic E-state index is -2.62. The second kappa shape index (κ2) is 14.9. The fourth-order valence-corrected chi connectivity index (χ4v) is 5.73. The summed E-state index contributed by atoms with van der Waals surface area (Å²) in [5, 5.41) is 5.64.